The molecule has 66 valence electrons. The van der Waals surface area contributed by atoms with Gasteiger partial charge in [-0.25, -0.2) is 9.97 Å². The van der Waals surface area contributed by atoms with Crippen LogP contribution in [0.3, 0.4) is 0 Å². The van der Waals surface area contributed by atoms with Gasteiger partial charge in [0.05, 0.1) is 0 Å². The van der Waals surface area contributed by atoms with Crippen LogP contribution in [0.25, 0.3) is 0 Å². The van der Waals surface area contributed by atoms with Crippen molar-refractivity contribution in [1.29, 1.82) is 5.26 Å². The minimum atomic E-state index is 0.126. The molecule has 13 heavy (non-hydrogen) atoms. The van der Waals surface area contributed by atoms with Gasteiger partial charge in [0.25, 0.3) is 0 Å². The molecule has 0 aromatic carbocycles. The Labute approximate surface area is 76.9 Å². The van der Waals surface area contributed by atoms with Crippen LogP contribution in [-0.4, -0.2) is 16.0 Å². The lowest BCUT2D eigenvalue weighted by Gasteiger charge is -2.08. The van der Waals surface area contributed by atoms with Crippen molar-refractivity contribution in [1.82, 2.24) is 9.97 Å². The summed E-state index contributed by atoms with van der Waals surface area (Å²) >= 11 is 0. The van der Waals surface area contributed by atoms with Gasteiger partial charge in [-0.15, -0.1) is 6.58 Å². The Hall–Kier alpha value is -1.89. The van der Waals surface area contributed by atoms with E-state index in [1.54, 1.807) is 12.1 Å². The van der Waals surface area contributed by atoms with Gasteiger partial charge in [0, 0.05) is 12.1 Å². The molecule has 1 N–H and O–H groups in total. The van der Waals surface area contributed by atoms with Gasteiger partial charge in [-0.05, 0) is 6.92 Å². The number of rotatable bonds is 3. The second-order valence-electron chi connectivity index (χ2n) is 2.57. The number of nitrogens with one attached hydrogen (secondary N) is 1. The lowest BCUT2D eigenvalue weighted by molar-refractivity contribution is 0.974. The summed E-state index contributed by atoms with van der Waals surface area (Å²) in [6.45, 7) is 5.57. The first kappa shape index (κ1) is 9.20. The monoisotopic (exact) mass is 174 g/mol. The quantitative estimate of drug-likeness (QED) is 0.702. The number of hydrogen-bond acceptors (Lipinski definition) is 4. The Balaban J connectivity index is 2.78. The summed E-state index contributed by atoms with van der Waals surface area (Å²) < 4.78 is 0. The fraction of sp³-hybridized carbons (Fsp3) is 0.222. The van der Waals surface area contributed by atoms with Gasteiger partial charge in [-0.2, -0.15) is 5.26 Å². The highest BCUT2D eigenvalue weighted by Crippen LogP contribution is 2.04. The van der Waals surface area contributed by atoms with Crippen LogP contribution in [0.4, 0.5) is 5.82 Å². The Morgan fingerprint density at radius 1 is 1.69 bits per heavy atom. The van der Waals surface area contributed by atoms with E-state index in [-0.39, 0.29) is 6.04 Å². The van der Waals surface area contributed by atoms with Crippen LogP contribution in [0, 0.1) is 11.3 Å². The molecule has 0 radical (unpaired) electrons. The minimum Gasteiger partial charge on any atom is -0.364 e. The van der Waals surface area contributed by atoms with Gasteiger partial charge in [0.1, 0.15) is 23.9 Å². The zero-order valence-corrected chi connectivity index (χ0v) is 7.36. The van der Waals surface area contributed by atoms with Gasteiger partial charge < -0.3 is 5.32 Å². The third-order valence-corrected chi connectivity index (χ3v) is 1.51. The van der Waals surface area contributed by atoms with Crippen molar-refractivity contribution in [2.24, 2.45) is 0 Å². The standard InChI is InChI=1S/C9H10N4/c1-3-7(2)13-9-4-8(5-10)11-6-12-9/h3-4,6-7H,1H2,2H3,(H,11,12,13). The summed E-state index contributed by atoms with van der Waals surface area (Å²) in [7, 11) is 0. The first-order valence-electron chi connectivity index (χ1n) is 3.87. The highest BCUT2D eigenvalue weighted by molar-refractivity contribution is 5.40. The van der Waals surface area contributed by atoms with Crippen molar-refractivity contribution in [2.75, 3.05) is 5.32 Å². The van der Waals surface area contributed by atoms with Crippen LogP contribution < -0.4 is 5.32 Å². The molecular weight excluding hydrogens is 164 g/mol. The van der Waals surface area contributed by atoms with E-state index < -0.39 is 0 Å². The summed E-state index contributed by atoms with van der Waals surface area (Å²) in [6.07, 6.45) is 3.12. The summed E-state index contributed by atoms with van der Waals surface area (Å²) in [4.78, 5) is 7.71. The number of nitrogens with zero attached hydrogens (tertiary/aromatic N) is 3. The van der Waals surface area contributed by atoms with Crippen LogP contribution >= 0.6 is 0 Å². The number of anilines is 1. The molecule has 4 heteroatoms. The molecule has 0 spiro atoms. The highest BCUT2D eigenvalue weighted by Gasteiger charge is 1.99. The Morgan fingerprint density at radius 2 is 2.46 bits per heavy atom. The van der Waals surface area contributed by atoms with Crippen LogP contribution in [0.5, 0.6) is 0 Å². The molecule has 1 atom stereocenters. The van der Waals surface area contributed by atoms with Crippen molar-refractivity contribution in [3.63, 3.8) is 0 Å². The first-order valence-corrected chi connectivity index (χ1v) is 3.87. The molecule has 1 aromatic rings. The molecule has 0 fully saturated rings. The van der Waals surface area contributed by atoms with Gasteiger partial charge in [-0.3, -0.25) is 0 Å². The number of hydrogen-bond donors (Lipinski definition) is 1. The van der Waals surface area contributed by atoms with Gasteiger partial charge >= 0.3 is 0 Å². The molecule has 1 rings (SSSR count). The molecule has 0 saturated carbocycles. The molecule has 1 unspecified atom stereocenters. The van der Waals surface area contributed by atoms with E-state index in [0.717, 1.165) is 0 Å². The first-order chi connectivity index (χ1) is 6.26. The summed E-state index contributed by atoms with van der Waals surface area (Å²) in [5, 5.41) is 11.6. The largest absolute Gasteiger partial charge is 0.364 e. The molecule has 0 amide bonds. The van der Waals surface area contributed by atoms with Crippen LogP contribution in [0.2, 0.25) is 0 Å². The molecule has 4 nitrogen and oxygen atoms in total. The minimum absolute atomic E-state index is 0.126. The van der Waals surface area contributed by atoms with Gasteiger partial charge in [0.15, 0.2) is 0 Å². The third-order valence-electron chi connectivity index (χ3n) is 1.51. The maximum atomic E-state index is 8.57. The normalized spacial score (nSPS) is 11.4. The Kier molecular flexibility index (Phi) is 2.98. The lowest BCUT2D eigenvalue weighted by Crippen LogP contribution is -2.12. The van der Waals surface area contributed by atoms with Crippen molar-refractivity contribution in [2.45, 2.75) is 13.0 Å². The summed E-state index contributed by atoms with van der Waals surface area (Å²) in [6, 6.07) is 3.67. The summed E-state index contributed by atoms with van der Waals surface area (Å²) in [5.74, 6) is 0.638. The Bertz CT molecular complexity index is 340. The van der Waals surface area contributed by atoms with Crippen LogP contribution in [-0.2, 0) is 0 Å². The smallest absolute Gasteiger partial charge is 0.145 e. The molecule has 1 aromatic heterocycles. The average Bonchev–Trinajstić information content (AvgIpc) is 2.18. The molecule has 1 heterocycles. The van der Waals surface area contributed by atoms with Crippen molar-refractivity contribution < 1.29 is 0 Å². The topological polar surface area (TPSA) is 61.6 Å². The highest BCUT2D eigenvalue weighted by atomic mass is 15.0. The maximum Gasteiger partial charge on any atom is 0.145 e. The van der Waals surface area contributed by atoms with Gasteiger partial charge in [0.2, 0.25) is 0 Å². The van der Waals surface area contributed by atoms with E-state index in [9.17, 15) is 0 Å². The predicted octanol–water partition coefficient (Wildman–Crippen LogP) is 1.33. The van der Waals surface area contributed by atoms with E-state index in [0.29, 0.717) is 11.5 Å². The van der Waals surface area contributed by atoms with E-state index in [1.165, 1.54) is 6.33 Å². The van der Waals surface area contributed by atoms with Crippen LogP contribution in [0.1, 0.15) is 12.6 Å². The van der Waals surface area contributed by atoms with E-state index in [4.69, 9.17) is 5.26 Å². The van der Waals surface area contributed by atoms with E-state index in [1.807, 2.05) is 13.0 Å². The van der Waals surface area contributed by atoms with E-state index in [2.05, 4.69) is 21.9 Å². The SMILES string of the molecule is C=CC(C)Nc1cc(C#N)ncn1. The molecule has 0 aliphatic carbocycles. The van der Waals surface area contributed by atoms with Crippen LogP contribution in [0.15, 0.2) is 25.0 Å². The lowest BCUT2D eigenvalue weighted by atomic mass is 10.3. The number of aromatic nitrogens is 2. The molecule has 0 aliphatic heterocycles. The molecule has 0 saturated heterocycles. The molecule has 0 aliphatic rings. The van der Waals surface area contributed by atoms with Crippen molar-refractivity contribution in [3.05, 3.63) is 30.7 Å². The second kappa shape index (κ2) is 4.21. The fourth-order valence-corrected chi connectivity index (χ4v) is 0.790. The molecule has 0 bridgehead atoms. The maximum absolute atomic E-state index is 8.57. The Morgan fingerprint density at radius 3 is 3.08 bits per heavy atom. The average molecular weight is 174 g/mol. The zero-order valence-electron chi connectivity index (χ0n) is 7.36. The van der Waals surface area contributed by atoms with Crippen molar-refractivity contribution >= 4 is 5.82 Å². The van der Waals surface area contributed by atoms with E-state index >= 15 is 0 Å². The fourth-order valence-electron chi connectivity index (χ4n) is 0.790. The predicted molar refractivity (Wildman–Crippen MR) is 50.0 cm³/mol. The zero-order chi connectivity index (χ0) is 9.68. The second-order valence-corrected chi connectivity index (χ2v) is 2.57. The van der Waals surface area contributed by atoms with Crippen molar-refractivity contribution in [3.8, 4) is 6.07 Å². The number of nitriles is 1. The molecular formula is C9H10N4. The summed E-state index contributed by atoms with van der Waals surface area (Å²) in [5.41, 5.74) is 0.355. The van der Waals surface area contributed by atoms with Gasteiger partial charge in [-0.1, -0.05) is 6.08 Å². The third kappa shape index (κ3) is 2.56.